The highest BCUT2D eigenvalue weighted by Gasteiger charge is 2.31. The van der Waals surface area contributed by atoms with Gasteiger partial charge >= 0.3 is 12.4 Å². The minimum absolute atomic E-state index is 0.231. The zero-order valence-corrected chi connectivity index (χ0v) is 19.6. The molecule has 0 bridgehead atoms. The monoisotopic (exact) mass is 512 g/mol. The zero-order chi connectivity index (χ0) is 25.8. The van der Waals surface area contributed by atoms with Crippen LogP contribution in [0.3, 0.4) is 0 Å². The largest absolute Gasteiger partial charge is 0.573 e. The van der Waals surface area contributed by atoms with Gasteiger partial charge in [-0.25, -0.2) is 4.79 Å². The Kier molecular flexibility index (Phi) is 6.87. The third-order valence-electron chi connectivity index (χ3n) is 5.84. The van der Waals surface area contributed by atoms with Gasteiger partial charge in [-0.1, -0.05) is 35.5 Å². The number of carbonyl (C=O) groups excluding carboxylic acids is 1. The Morgan fingerprint density at radius 3 is 2.41 bits per heavy atom. The lowest BCUT2D eigenvalue weighted by molar-refractivity contribution is -0.274. The van der Waals surface area contributed by atoms with Gasteiger partial charge < -0.3 is 18.9 Å². The molecule has 11 heteroatoms. The van der Waals surface area contributed by atoms with Crippen LogP contribution in [-0.4, -0.2) is 53.5 Å². The summed E-state index contributed by atoms with van der Waals surface area (Å²) in [4.78, 5) is 16.7. The number of nitrogens with zero attached hydrogens (tertiary/aromatic N) is 3. The molecule has 1 fully saturated rings. The van der Waals surface area contributed by atoms with E-state index >= 15 is 0 Å². The summed E-state index contributed by atoms with van der Waals surface area (Å²) in [5.41, 5.74) is 1.59. The van der Waals surface area contributed by atoms with Gasteiger partial charge in [-0.15, -0.1) is 13.2 Å². The smallest absolute Gasteiger partial charge is 0.457 e. The molecule has 5 rings (SSSR count). The zero-order valence-electron chi connectivity index (χ0n) is 19.6. The first-order valence-corrected chi connectivity index (χ1v) is 11.6. The number of alkyl halides is 3. The number of para-hydroxylation sites is 1. The highest BCUT2D eigenvalue weighted by molar-refractivity contribution is 5.98. The lowest BCUT2D eigenvalue weighted by atomic mass is 10.2. The number of fused-ring (bicyclic) bond motifs is 1. The van der Waals surface area contributed by atoms with E-state index in [4.69, 9.17) is 9.26 Å². The summed E-state index contributed by atoms with van der Waals surface area (Å²) in [6.07, 6.45) is -4.77. The fourth-order valence-electron chi connectivity index (χ4n) is 4.10. The molecule has 0 radical (unpaired) electrons. The van der Waals surface area contributed by atoms with Gasteiger partial charge in [0.15, 0.2) is 11.4 Å². The Morgan fingerprint density at radius 1 is 0.919 bits per heavy atom. The lowest BCUT2D eigenvalue weighted by Crippen LogP contribution is -2.49. The Balaban J connectivity index is 1.14. The molecule has 1 saturated heterocycles. The van der Waals surface area contributed by atoms with E-state index in [9.17, 15) is 18.0 Å². The average molecular weight is 512 g/mol. The third kappa shape index (κ3) is 6.31. The molecule has 0 spiro atoms. The first kappa shape index (κ1) is 24.4. The molecule has 0 saturated carbocycles. The Labute approximate surface area is 210 Å². The van der Waals surface area contributed by atoms with Gasteiger partial charge in [-0.3, -0.25) is 10.2 Å². The number of carbonyl (C=O) groups is 1. The molecule has 8 nitrogen and oxygen atoms in total. The molecule has 2 heterocycles. The van der Waals surface area contributed by atoms with Gasteiger partial charge in [0, 0.05) is 38.8 Å². The van der Waals surface area contributed by atoms with Gasteiger partial charge in [0.1, 0.15) is 17.2 Å². The molecule has 0 aliphatic carbocycles. The summed E-state index contributed by atoms with van der Waals surface area (Å²) in [7, 11) is 0. The minimum Gasteiger partial charge on any atom is -0.457 e. The second-order valence-electron chi connectivity index (χ2n) is 8.49. The Morgan fingerprint density at radius 2 is 1.62 bits per heavy atom. The number of amides is 2. The van der Waals surface area contributed by atoms with Crippen LogP contribution in [0.5, 0.6) is 17.2 Å². The van der Waals surface area contributed by atoms with Gasteiger partial charge in [-0.2, -0.15) is 0 Å². The number of ether oxygens (including phenoxy) is 2. The van der Waals surface area contributed by atoms with Crippen molar-refractivity contribution < 1.29 is 32.0 Å². The quantitative estimate of drug-likeness (QED) is 0.348. The SMILES string of the molecule is O=C(Nc1noc2ccccc12)N1CCN(Cc2cccc(Oc3cccc(OC(F)(F)F)c3)c2)CC1. The number of piperazine rings is 1. The summed E-state index contributed by atoms with van der Waals surface area (Å²) in [6, 6.07) is 19.8. The Hall–Kier alpha value is -4.25. The van der Waals surface area contributed by atoms with Gasteiger partial charge in [0.05, 0.1) is 5.39 Å². The predicted octanol–water partition coefficient (Wildman–Crippen LogP) is 5.87. The van der Waals surface area contributed by atoms with E-state index < -0.39 is 6.36 Å². The number of nitrogens with one attached hydrogen (secondary N) is 1. The van der Waals surface area contributed by atoms with Crippen molar-refractivity contribution in [2.24, 2.45) is 0 Å². The first-order chi connectivity index (χ1) is 17.8. The Bertz CT molecular complexity index is 1380. The topological polar surface area (TPSA) is 80.1 Å². The van der Waals surface area contributed by atoms with Crippen molar-refractivity contribution in [2.45, 2.75) is 12.9 Å². The van der Waals surface area contributed by atoms with Crippen molar-refractivity contribution in [1.29, 1.82) is 0 Å². The van der Waals surface area contributed by atoms with E-state index in [0.717, 1.165) is 10.9 Å². The molecule has 1 N–H and O–H groups in total. The molecule has 0 unspecified atom stereocenters. The predicted molar refractivity (Wildman–Crippen MR) is 130 cm³/mol. The highest BCUT2D eigenvalue weighted by atomic mass is 19.4. The summed E-state index contributed by atoms with van der Waals surface area (Å²) in [5, 5.41) is 7.52. The van der Waals surface area contributed by atoms with Crippen molar-refractivity contribution in [2.75, 3.05) is 31.5 Å². The van der Waals surface area contributed by atoms with E-state index in [-0.39, 0.29) is 17.5 Å². The van der Waals surface area contributed by atoms with Crippen molar-refractivity contribution in [1.82, 2.24) is 15.0 Å². The molecule has 2 amide bonds. The second-order valence-corrected chi connectivity index (χ2v) is 8.49. The molecule has 192 valence electrons. The van der Waals surface area contributed by atoms with Crippen molar-refractivity contribution in [3.05, 3.63) is 78.4 Å². The number of halogens is 3. The van der Waals surface area contributed by atoms with Crippen LogP contribution in [-0.2, 0) is 6.54 Å². The highest BCUT2D eigenvalue weighted by Crippen LogP contribution is 2.29. The van der Waals surface area contributed by atoms with Gasteiger partial charge in [0.2, 0.25) is 0 Å². The normalized spacial score (nSPS) is 14.5. The van der Waals surface area contributed by atoms with Crippen molar-refractivity contribution in [3.63, 3.8) is 0 Å². The standard InChI is InChI=1S/C26H23F3N4O4/c27-26(28,29)36-21-8-4-7-20(16-21)35-19-6-3-5-18(15-19)17-32-11-13-33(14-12-32)25(34)30-24-22-9-1-2-10-23(22)37-31-24/h1-10,15-16H,11-14,17H2,(H,30,31,34). The van der Waals surface area contributed by atoms with Crippen LogP contribution >= 0.6 is 0 Å². The number of urea groups is 1. The molecule has 1 aromatic heterocycles. The summed E-state index contributed by atoms with van der Waals surface area (Å²) < 4.78 is 52.4. The fourth-order valence-corrected chi connectivity index (χ4v) is 4.10. The third-order valence-corrected chi connectivity index (χ3v) is 5.84. The van der Waals surface area contributed by atoms with Crippen LogP contribution in [0.4, 0.5) is 23.8 Å². The molecule has 1 aliphatic heterocycles. The molecular formula is C26H23F3N4O4. The number of benzene rings is 3. The molecular weight excluding hydrogens is 489 g/mol. The van der Waals surface area contributed by atoms with Crippen LogP contribution in [0.1, 0.15) is 5.56 Å². The second kappa shape index (κ2) is 10.4. The van der Waals surface area contributed by atoms with Gasteiger partial charge in [0.25, 0.3) is 0 Å². The van der Waals surface area contributed by atoms with Crippen LogP contribution in [0.25, 0.3) is 11.0 Å². The maximum absolute atomic E-state index is 12.7. The number of aromatic nitrogens is 1. The summed E-state index contributed by atoms with van der Waals surface area (Å²) in [5.74, 6) is 0.785. The summed E-state index contributed by atoms with van der Waals surface area (Å²) in [6.45, 7) is 3.08. The number of hydrogen-bond donors (Lipinski definition) is 1. The van der Waals surface area contributed by atoms with E-state index in [1.807, 2.05) is 36.4 Å². The fraction of sp³-hybridized carbons (Fsp3) is 0.231. The molecule has 4 aromatic rings. The van der Waals surface area contributed by atoms with Crippen LogP contribution < -0.4 is 14.8 Å². The van der Waals surface area contributed by atoms with Crippen molar-refractivity contribution in [3.8, 4) is 17.2 Å². The van der Waals surface area contributed by atoms with E-state index in [2.05, 4.69) is 20.1 Å². The molecule has 0 atom stereocenters. The molecule has 3 aromatic carbocycles. The lowest BCUT2D eigenvalue weighted by Gasteiger charge is -2.34. The average Bonchev–Trinajstić information content (AvgIpc) is 3.27. The molecule has 1 aliphatic rings. The van der Waals surface area contributed by atoms with E-state index in [1.165, 1.54) is 18.2 Å². The first-order valence-electron chi connectivity index (χ1n) is 11.6. The number of hydrogen-bond acceptors (Lipinski definition) is 6. The van der Waals surface area contributed by atoms with Gasteiger partial charge in [-0.05, 0) is 42.0 Å². The van der Waals surface area contributed by atoms with E-state index in [1.54, 1.807) is 23.1 Å². The maximum atomic E-state index is 12.7. The minimum atomic E-state index is -4.77. The van der Waals surface area contributed by atoms with Crippen LogP contribution in [0, 0.1) is 0 Å². The van der Waals surface area contributed by atoms with Crippen molar-refractivity contribution >= 4 is 22.8 Å². The summed E-state index contributed by atoms with van der Waals surface area (Å²) >= 11 is 0. The van der Waals surface area contributed by atoms with E-state index in [0.29, 0.717) is 49.9 Å². The molecule has 37 heavy (non-hydrogen) atoms. The van der Waals surface area contributed by atoms with Crippen LogP contribution in [0.15, 0.2) is 77.3 Å². The number of rotatable bonds is 6. The maximum Gasteiger partial charge on any atom is 0.573 e. The van der Waals surface area contributed by atoms with Crippen LogP contribution in [0.2, 0.25) is 0 Å². The number of anilines is 1.